The van der Waals surface area contributed by atoms with Crippen LogP contribution in [0.5, 0.6) is 5.75 Å². The number of rotatable bonds is 6. The summed E-state index contributed by atoms with van der Waals surface area (Å²) in [6, 6.07) is 17.0. The number of aromatic nitrogens is 1. The molecule has 136 valence electrons. The van der Waals surface area contributed by atoms with E-state index >= 15 is 0 Å². The predicted molar refractivity (Wildman–Crippen MR) is 106 cm³/mol. The van der Waals surface area contributed by atoms with Crippen LogP contribution in [-0.2, 0) is 17.8 Å². The van der Waals surface area contributed by atoms with E-state index in [0.29, 0.717) is 16.4 Å². The minimum atomic E-state index is -0.0946. The van der Waals surface area contributed by atoms with Crippen LogP contribution in [0.4, 0.5) is 10.8 Å². The van der Waals surface area contributed by atoms with E-state index in [0.717, 1.165) is 17.8 Å². The Morgan fingerprint density at radius 1 is 1.26 bits per heavy atom. The Morgan fingerprint density at radius 3 is 2.70 bits per heavy atom. The number of aryl methyl sites for hydroxylation is 1. The first-order chi connectivity index (χ1) is 13.1. The molecule has 27 heavy (non-hydrogen) atoms. The average Bonchev–Trinajstić information content (AvgIpc) is 3.15. The van der Waals surface area contributed by atoms with Gasteiger partial charge in [0.25, 0.3) is 0 Å². The molecule has 1 amide bonds. The Labute approximate surface area is 162 Å². The lowest BCUT2D eigenvalue weighted by atomic mass is 10.1. The monoisotopic (exact) mass is 377 g/mol. The van der Waals surface area contributed by atoms with Crippen LogP contribution >= 0.6 is 11.3 Å². The van der Waals surface area contributed by atoms with Gasteiger partial charge in [0.1, 0.15) is 12.4 Å². The number of benzene rings is 2. The van der Waals surface area contributed by atoms with E-state index in [1.165, 1.54) is 23.8 Å². The summed E-state index contributed by atoms with van der Waals surface area (Å²) < 4.78 is 5.71. The third-order valence-electron chi connectivity index (χ3n) is 4.00. The molecule has 1 heterocycles. The molecule has 0 unspecified atom stereocenters. The van der Waals surface area contributed by atoms with Crippen LogP contribution in [0, 0.1) is 11.3 Å². The number of hydrogen-bond acceptors (Lipinski definition) is 5. The summed E-state index contributed by atoms with van der Waals surface area (Å²) in [5, 5.41) is 11.4. The molecule has 6 heteroatoms. The summed E-state index contributed by atoms with van der Waals surface area (Å²) in [7, 11) is 0. The van der Waals surface area contributed by atoms with E-state index in [-0.39, 0.29) is 12.5 Å². The standard InChI is InChI=1S/C21H19N3O2S/c1-3-16-7-9-19(10-8-16)24(15(2)25)21-23-18(14-27-21)13-26-20-6-4-5-17(11-20)12-22/h4-11,14H,3,13H2,1-2H3. The van der Waals surface area contributed by atoms with Crippen molar-refractivity contribution in [3.63, 3.8) is 0 Å². The molecular formula is C21H19N3O2S. The quantitative estimate of drug-likeness (QED) is 0.616. The molecule has 0 N–H and O–H groups in total. The highest BCUT2D eigenvalue weighted by Gasteiger charge is 2.18. The van der Waals surface area contributed by atoms with E-state index in [9.17, 15) is 4.79 Å². The van der Waals surface area contributed by atoms with Crippen LogP contribution < -0.4 is 9.64 Å². The second kappa shape index (κ2) is 8.47. The van der Waals surface area contributed by atoms with Crippen LogP contribution in [-0.4, -0.2) is 10.9 Å². The second-order valence-corrected chi connectivity index (χ2v) is 6.76. The Balaban J connectivity index is 1.75. The van der Waals surface area contributed by atoms with Crippen molar-refractivity contribution in [1.29, 1.82) is 5.26 Å². The Kier molecular flexibility index (Phi) is 5.84. The van der Waals surface area contributed by atoms with Gasteiger partial charge in [-0.05, 0) is 42.3 Å². The van der Waals surface area contributed by atoms with Gasteiger partial charge >= 0.3 is 0 Å². The molecule has 0 spiro atoms. The molecule has 0 atom stereocenters. The summed E-state index contributed by atoms with van der Waals surface area (Å²) in [6.07, 6.45) is 0.950. The van der Waals surface area contributed by atoms with Crippen LogP contribution in [0.25, 0.3) is 0 Å². The van der Waals surface area contributed by atoms with Crippen molar-refractivity contribution in [3.8, 4) is 11.8 Å². The third-order valence-corrected chi connectivity index (χ3v) is 4.87. The first-order valence-electron chi connectivity index (χ1n) is 8.57. The zero-order valence-electron chi connectivity index (χ0n) is 15.2. The van der Waals surface area contributed by atoms with Crippen LogP contribution in [0.15, 0.2) is 53.9 Å². The first-order valence-corrected chi connectivity index (χ1v) is 9.45. The number of thiazole rings is 1. The first kappa shape index (κ1) is 18.6. The Hall–Kier alpha value is -3.17. The minimum absolute atomic E-state index is 0.0946. The Morgan fingerprint density at radius 2 is 2.04 bits per heavy atom. The van der Waals surface area contributed by atoms with Gasteiger partial charge in [0.05, 0.1) is 23.0 Å². The fourth-order valence-corrected chi connectivity index (χ4v) is 3.46. The molecule has 0 aliphatic heterocycles. The highest BCUT2D eigenvalue weighted by Crippen LogP contribution is 2.29. The molecule has 3 rings (SSSR count). The van der Waals surface area contributed by atoms with Gasteiger partial charge in [-0.1, -0.05) is 25.1 Å². The topological polar surface area (TPSA) is 66.2 Å². The average molecular weight is 377 g/mol. The van der Waals surface area contributed by atoms with Gasteiger partial charge < -0.3 is 4.74 Å². The molecule has 0 saturated heterocycles. The molecule has 3 aromatic rings. The molecule has 0 saturated carbocycles. The van der Waals surface area contributed by atoms with Crippen molar-refractivity contribution >= 4 is 28.1 Å². The maximum absolute atomic E-state index is 12.2. The van der Waals surface area contributed by atoms with E-state index in [1.807, 2.05) is 29.6 Å². The fraction of sp³-hybridized carbons (Fsp3) is 0.190. The molecule has 0 bridgehead atoms. The van der Waals surface area contributed by atoms with Gasteiger partial charge in [0, 0.05) is 12.3 Å². The highest BCUT2D eigenvalue weighted by atomic mass is 32.1. The maximum atomic E-state index is 12.2. The van der Waals surface area contributed by atoms with Crippen molar-refractivity contribution in [1.82, 2.24) is 4.98 Å². The number of amides is 1. The number of carbonyl (C=O) groups is 1. The summed E-state index contributed by atoms with van der Waals surface area (Å²) in [4.78, 5) is 18.3. The molecule has 5 nitrogen and oxygen atoms in total. The smallest absolute Gasteiger partial charge is 0.230 e. The normalized spacial score (nSPS) is 10.3. The van der Waals surface area contributed by atoms with Crippen molar-refractivity contribution in [3.05, 3.63) is 70.7 Å². The number of nitriles is 1. The molecule has 1 aromatic heterocycles. The van der Waals surface area contributed by atoms with E-state index in [1.54, 1.807) is 29.2 Å². The fourth-order valence-electron chi connectivity index (χ4n) is 2.59. The lowest BCUT2D eigenvalue weighted by molar-refractivity contribution is -0.115. The van der Waals surface area contributed by atoms with Gasteiger partial charge in [0.15, 0.2) is 5.13 Å². The van der Waals surface area contributed by atoms with Gasteiger partial charge in [-0.2, -0.15) is 5.26 Å². The van der Waals surface area contributed by atoms with Crippen LogP contribution in [0.3, 0.4) is 0 Å². The zero-order valence-corrected chi connectivity index (χ0v) is 16.0. The van der Waals surface area contributed by atoms with Crippen molar-refractivity contribution in [2.45, 2.75) is 26.9 Å². The predicted octanol–water partition coefficient (Wildman–Crippen LogP) is 4.84. The lowest BCUT2D eigenvalue weighted by Crippen LogP contribution is -2.22. The third kappa shape index (κ3) is 4.52. The minimum Gasteiger partial charge on any atom is -0.487 e. The molecule has 0 aliphatic carbocycles. The molecular weight excluding hydrogens is 358 g/mol. The molecule has 0 aliphatic rings. The number of ether oxygens (including phenoxy) is 1. The zero-order chi connectivity index (χ0) is 19.2. The van der Waals surface area contributed by atoms with E-state index in [4.69, 9.17) is 10.00 Å². The largest absolute Gasteiger partial charge is 0.487 e. The van der Waals surface area contributed by atoms with Crippen LogP contribution in [0.1, 0.15) is 30.7 Å². The van der Waals surface area contributed by atoms with Gasteiger partial charge in [-0.25, -0.2) is 4.98 Å². The second-order valence-electron chi connectivity index (χ2n) is 5.92. The molecule has 0 radical (unpaired) electrons. The summed E-state index contributed by atoms with van der Waals surface area (Å²) in [5.41, 5.74) is 3.29. The van der Waals surface area contributed by atoms with E-state index < -0.39 is 0 Å². The van der Waals surface area contributed by atoms with E-state index in [2.05, 4.69) is 18.0 Å². The number of hydrogen-bond donors (Lipinski definition) is 0. The van der Waals surface area contributed by atoms with Gasteiger partial charge in [-0.15, -0.1) is 11.3 Å². The number of carbonyl (C=O) groups excluding carboxylic acids is 1. The van der Waals surface area contributed by atoms with Gasteiger partial charge in [-0.3, -0.25) is 9.69 Å². The molecule has 2 aromatic carbocycles. The van der Waals surface area contributed by atoms with Crippen molar-refractivity contribution < 1.29 is 9.53 Å². The molecule has 0 fully saturated rings. The SMILES string of the molecule is CCc1ccc(N(C(C)=O)c2nc(COc3cccc(C#N)c3)cs2)cc1. The summed E-state index contributed by atoms with van der Waals surface area (Å²) in [5.74, 6) is 0.518. The lowest BCUT2D eigenvalue weighted by Gasteiger charge is -2.18. The summed E-state index contributed by atoms with van der Waals surface area (Å²) >= 11 is 1.40. The summed E-state index contributed by atoms with van der Waals surface area (Å²) in [6.45, 7) is 3.89. The number of nitrogens with zero attached hydrogens (tertiary/aromatic N) is 3. The van der Waals surface area contributed by atoms with Gasteiger partial charge in [0.2, 0.25) is 5.91 Å². The highest BCUT2D eigenvalue weighted by molar-refractivity contribution is 7.14. The van der Waals surface area contributed by atoms with Crippen LogP contribution in [0.2, 0.25) is 0 Å². The van der Waals surface area contributed by atoms with Crippen molar-refractivity contribution in [2.75, 3.05) is 4.90 Å². The Bertz CT molecular complexity index is 974. The van der Waals surface area contributed by atoms with Crippen molar-refractivity contribution in [2.24, 2.45) is 0 Å². The maximum Gasteiger partial charge on any atom is 0.230 e. The number of anilines is 2.